The van der Waals surface area contributed by atoms with Crippen molar-refractivity contribution in [1.82, 2.24) is 24.1 Å². The van der Waals surface area contributed by atoms with Gasteiger partial charge in [0.25, 0.3) is 11.2 Å². The highest BCUT2D eigenvalue weighted by Crippen LogP contribution is 2.28. The molecule has 4 aromatic rings. The molecule has 4 rings (SSSR count). The van der Waals surface area contributed by atoms with Gasteiger partial charge in [-0.2, -0.15) is 9.97 Å². The fourth-order valence-electron chi connectivity index (χ4n) is 4.70. The van der Waals surface area contributed by atoms with Crippen LogP contribution in [0.25, 0.3) is 22.3 Å². The summed E-state index contributed by atoms with van der Waals surface area (Å²) in [6.45, 7) is 0.779. The van der Waals surface area contributed by atoms with Crippen LogP contribution in [0.1, 0.15) is 18.7 Å². The van der Waals surface area contributed by atoms with Gasteiger partial charge in [0.15, 0.2) is 29.3 Å². The molecular weight excluding hydrogens is 624 g/mol. The van der Waals surface area contributed by atoms with Gasteiger partial charge in [0, 0.05) is 31.8 Å². The predicted octanol–water partition coefficient (Wildman–Crippen LogP) is 1.41. The second-order valence-electron chi connectivity index (χ2n) is 9.99. The van der Waals surface area contributed by atoms with E-state index in [1.54, 1.807) is 37.5 Å². The van der Waals surface area contributed by atoms with Crippen molar-refractivity contribution in [2.45, 2.75) is 43.9 Å². The van der Waals surface area contributed by atoms with Crippen molar-refractivity contribution in [2.24, 2.45) is 0 Å². The number of imidazole rings is 1. The number of hydrogen-bond donors (Lipinski definition) is 5. The first-order chi connectivity index (χ1) is 22.0. The zero-order chi connectivity index (χ0) is 33.6. The summed E-state index contributed by atoms with van der Waals surface area (Å²) in [5.41, 5.74) is -1.39. The number of carbonyl (C=O) groups is 2. The number of terminal acetylenes is 1. The predicted molar refractivity (Wildman–Crippen MR) is 165 cm³/mol. The van der Waals surface area contributed by atoms with Crippen LogP contribution in [0.5, 0.6) is 0 Å². The van der Waals surface area contributed by atoms with Crippen molar-refractivity contribution >= 4 is 40.5 Å². The summed E-state index contributed by atoms with van der Waals surface area (Å²) < 4.78 is 14.1. The lowest BCUT2D eigenvalue weighted by Crippen LogP contribution is -2.52. The largest absolute Gasteiger partial charge is 0.479 e. The number of anilines is 1. The van der Waals surface area contributed by atoms with Crippen LogP contribution in [0.2, 0.25) is 5.28 Å². The Bertz CT molecular complexity index is 1800. The average Bonchev–Trinajstić information content (AvgIpc) is 3.47. The number of benzene rings is 1. The van der Waals surface area contributed by atoms with Gasteiger partial charge in [-0.3, -0.25) is 9.36 Å². The highest BCUT2D eigenvalue weighted by atomic mass is 35.5. The highest BCUT2D eigenvalue weighted by Gasteiger charge is 2.49. The number of ether oxygens (including phenoxy) is 2. The molecule has 3 atom stereocenters. The molecule has 0 bridgehead atoms. The van der Waals surface area contributed by atoms with Crippen molar-refractivity contribution in [3.63, 3.8) is 0 Å². The molecule has 0 aliphatic rings. The minimum absolute atomic E-state index is 0.110. The molecule has 0 fully saturated rings. The molecule has 3 aromatic heterocycles. The van der Waals surface area contributed by atoms with E-state index in [2.05, 4.69) is 26.2 Å². The van der Waals surface area contributed by atoms with E-state index in [0.717, 1.165) is 0 Å². The van der Waals surface area contributed by atoms with Crippen molar-refractivity contribution in [1.29, 1.82) is 0 Å². The Labute approximate surface area is 267 Å². The number of halogens is 1. The molecule has 0 saturated carbocycles. The van der Waals surface area contributed by atoms with Gasteiger partial charge >= 0.3 is 11.9 Å². The van der Waals surface area contributed by atoms with Gasteiger partial charge in [-0.15, -0.1) is 6.42 Å². The quantitative estimate of drug-likeness (QED) is 0.0698. The summed E-state index contributed by atoms with van der Waals surface area (Å²) in [6.07, 6.45) is 3.28. The van der Waals surface area contributed by atoms with Crippen LogP contribution in [-0.2, 0) is 32.0 Å². The van der Waals surface area contributed by atoms with Gasteiger partial charge in [0.2, 0.25) is 5.28 Å². The number of aromatic nitrogens is 5. The van der Waals surface area contributed by atoms with Crippen molar-refractivity contribution in [2.75, 3.05) is 25.6 Å². The van der Waals surface area contributed by atoms with Gasteiger partial charge in [0.05, 0.1) is 19.5 Å². The van der Waals surface area contributed by atoms with Crippen LogP contribution in [-0.4, -0.2) is 94.5 Å². The summed E-state index contributed by atoms with van der Waals surface area (Å²) in [7, 11) is 1.58. The smallest absolute Gasteiger partial charge is 0.348 e. The molecule has 5 N–H and O–H groups in total. The summed E-state index contributed by atoms with van der Waals surface area (Å²) in [5.74, 6) is -1.22. The van der Waals surface area contributed by atoms with Crippen molar-refractivity contribution in [3.8, 4) is 23.5 Å². The molecule has 46 heavy (non-hydrogen) atoms. The fraction of sp³-hybridized carbons (Fsp3) is 0.333. The van der Waals surface area contributed by atoms with Crippen LogP contribution in [0.15, 0.2) is 53.7 Å². The number of rotatable bonds is 15. The summed E-state index contributed by atoms with van der Waals surface area (Å²) >= 11 is 6.03. The second kappa shape index (κ2) is 14.5. The van der Waals surface area contributed by atoms with Crippen LogP contribution in [0.3, 0.4) is 0 Å². The van der Waals surface area contributed by atoms with Gasteiger partial charge < -0.3 is 39.8 Å². The van der Waals surface area contributed by atoms with E-state index < -0.39 is 55.6 Å². The van der Waals surface area contributed by atoms with Crippen LogP contribution < -0.4 is 10.9 Å². The Kier molecular flexibility index (Phi) is 10.7. The lowest BCUT2D eigenvalue weighted by Gasteiger charge is -2.30. The third-order valence-corrected chi connectivity index (χ3v) is 7.34. The molecule has 3 heterocycles. The zero-order valence-corrected chi connectivity index (χ0v) is 25.5. The maximum atomic E-state index is 12.7. The molecule has 242 valence electrons. The Morgan fingerprint density at radius 2 is 1.87 bits per heavy atom. The van der Waals surface area contributed by atoms with E-state index in [-0.39, 0.29) is 33.4 Å². The summed E-state index contributed by atoms with van der Waals surface area (Å²) in [4.78, 5) is 49.9. The van der Waals surface area contributed by atoms with Crippen molar-refractivity contribution < 1.29 is 39.5 Å². The summed E-state index contributed by atoms with van der Waals surface area (Å²) in [5, 5.41) is 43.5. The zero-order valence-electron chi connectivity index (χ0n) is 24.7. The Morgan fingerprint density at radius 3 is 2.46 bits per heavy atom. The third kappa shape index (κ3) is 6.86. The van der Waals surface area contributed by atoms with Crippen LogP contribution in [0, 0.1) is 12.3 Å². The first-order valence-electron chi connectivity index (χ1n) is 13.9. The molecule has 0 amide bonds. The summed E-state index contributed by atoms with van der Waals surface area (Å²) in [6, 6.07) is 9.54. The van der Waals surface area contributed by atoms with Crippen LogP contribution >= 0.6 is 11.6 Å². The number of aliphatic hydroxyl groups is 2. The topological polar surface area (TPSA) is 211 Å². The second-order valence-corrected chi connectivity index (χ2v) is 10.3. The number of hydrogen-bond acceptors (Lipinski definition) is 11. The van der Waals surface area contributed by atoms with Gasteiger partial charge in [0.1, 0.15) is 6.10 Å². The fourth-order valence-corrected chi connectivity index (χ4v) is 4.87. The molecule has 15 nitrogen and oxygen atoms in total. The van der Waals surface area contributed by atoms with E-state index in [1.165, 1.54) is 27.6 Å². The van der Waals surface area contributed by atoms with Gasteiger partial charge in [-0.1, -0.05) is 30.2 Å². The first-order valence-corrected chi connectivity index (χ1v) is 14.2. The monoisotopic (exact) mass is 654 g/mol. The standard InChI is InChI=1S/C30H31ClN6O9/c1-4-21(39)26(37-16-33-22-23(32-3)34-29(31)35-24(22)37)46-19(14-38)15-45-30(27(41)42,28(43)44)13-17-8-10-18(11-9-17)20-7-6-12-36(5-2)25(20)40/h1,6-12,16,19,21,26,38-39H,5,13-15H2,2-3H3,(H,41,42)(H,43,44)(H,32,34,35)/t19-,21+,26+/m0/s1. The van der Waals surface area contributed by atoms with E-state index >= 15 is 0 Å². The number of aliphatic hydroxyl groups excluding tert-OH is 2. The van der Waals surface area contributed by atoms with Crippen LogP contribution in [0.4, 0.5) is 5.82 Å². The number of nitrogens with one attached hydrogen (secondary N) is 1. The lowest BCUT2D eigenvalue weighted by atomic mass is 9.93. The lowest BCUT2D eigenvalue weighted by molar-refractivity contribution is -0.195. The molecule has 0 spiro atoms. The molecule has 1 aromatic carbocycles. The third-order valence-electron chi connectivity index (χ3n) is 7.17. The molecule has 0 saturated heterocycles. The van der Waals surface area contributed by atoms with E-state index in [9.17, 15) is 34.8 Å². The Balaban J connectivity index is 1.59. The molecule has 0 aliphatic carbocycles. The molecule has 0 unspecified atom stereocenters. The number of aliphatic carboxylic acids is 2. The number of carboxylic acids is 2. The first kappa shape index (κ1) is 34.0. The molecule has 0 aliphatic heterocycles. The Hall–Kier alpha value is -4.85. The Morgan fingerprint density at radius 1 is 1.17 bits per heavy atom. The average molecular weight is 655 g/mol. The molecule has 16 heteroatoms. The minimum atomic E-state index is -2.80. The molecule has 0 radical (unpaired) electrons. The number of nitrogens with zero attached hydrogens (tertiary/aromatic N) is 5. The number of aryl methyl sites for hydroxylation is 1. The van der Waals surface area contributed by atoms with E-state index in [0.29, 0.717) is 17.7 Å². The number of pyridine rings is 1. The highest BCUT2D eigenvalue weighted by molar-refractivity contribution is 6.28. The maximum absolute atomic E-state index is 12.7. The molecular formula is C30H31ClN6O9. The van der Waals surface area contributed by atoms with Crippen molar-refractivity contribution in [3.05, 3.63) is 70.1 Å². The van der Waals surface area contributed by atoms with E-state index in [1.807, 2.05) is 6.92 Å². The van der Waals surface area contributed by atoms with Gasteiger partial charge in [-0.25, -0.2) is 14.6 Å². The SMILES string of the molecule is C#C[C@@H](O)[C@@H](O[C@@H](CO)COC(Cc1ccc(-c2cccn(CC)c2=O)cc1)(C(=O)O)C(=O)O)n1cnc2c(NC)nc(Cl)nc21. The minimum Gasteiger partial charge on any atom is -0.479 e. The normalized spacial score (nSPS) is 13.6. The number of carboxylic acid groups (broad SMARTS) is 2. The maximum Gasteiger partial charge on any atom is 0.348 e. The van der Waals surface area contributed by atoms with E-state index in [4.69, 9.17) is 27.5 Å². The van der Waals surface area contributed by atoms with Gasteiger partial charge in [-0.05, 0) is 41.8 Å². The number of fused-ring (bicyclic) bond motifs is 1.